The zero-order valence-corrected chi connectivity index (χ0v) is 15.0. The van der Waals surface area contributed by atoms with Gasteiger partial charge in [0.15, 0.2) is 0 Å². The van der Waals surface area contributed by atoms with Gasteiger partial charge in [0.2, 0.25) is 0 Å². The molecular formula is C19H28NP. The number of rotatable bonds is 3. The normalized spacial score (nSPS) is 21.3. The van der Waals surface area contributed by atoms with Crippen molar-refractivity contribution in [2.24, 2.45) is 5.92 Å². The summed E-state index contributed by atoms with van der Waals surface area (Å²) in [4.78, 5) is 4.69. The molecule has 21 heavy (non-hydrogen) atoms. The molecule has 0 fully saturated rings. The van der Waals surface area contributed by atoms with E-state index < -0.39 is 7.92 Å². The van der Waals surface area contributed by atoms with Gasteiger partial charge >= 0.3 is 0 Å². The largest absolute Gasteiger partial charge is 0.256 e. The molecule has 0 bridgehead atoms. The molecule has 0 amide bonds. The fourth-order valence-electron chi connectivity index (χ4n) is 2.88. The summed E-state index contributed by atoms with van der Waals surface area (Å²) < 4.78 is 0. The maximum absolute atomic E-state index is 4.69. The van der Waals surface area contributed by atoms with Crippen molar-refractivity contribution in [2.75, 3.05) is 0 Å². The quantitative estimate of drug-likeness (QED) is 0.659. The summed E-state index contributed by atoms with van der Waals surface area (Å²) in [6.45, 7) is 11.7. The summed E-state index contributed by atoms with van der Waals surface area (Å²) >= 11 is 0. The van der Waals surface area contributed by atoms with Crippen molar-refractivity contribution in [1.82, 2.24) is 4.98 Å². The molecule has 2 heteroatoms. The first kappa shape index (κ1) is 16.4. The molecule has 1 unspecified atom stereocenters. The second-order valence-electron chi connectivity index (χ2n) is 6.96. The Hall–Kier alpha value is -0.940. The van der Waals surface area contributed by atoms with E-state index in [1.807, 2.05) is 12.3 Å². The molecule has 0 aliphatic heterocycles. The van der Waals surface area contributed by atoms with Crippen molar-refractivity contribution in [2.45, 2.75) is 59.0 Å². The van der Waals surface area contributed by atoms with Gasteiger partial charge in [-0.25, -0.2) is 0 Å². The van der Waals surface area contributed by atoms with Crippen LogP contribution in [-0.4, -0.2) is 10.1 Å². The number of aromatic nitrogens is 1. The Balaban J connectivity index is 2.49. The maximum atomic E-state index is 4.69. The third kappa shape index (κ3) is 4.27. The zero-order chi connectivity index (χ0) is 15.5. The topological polar surface area (TPSA) is 12.9 Å². The molecule has 1 aromatic heterocycles. The maximum Gasteiger partial charge on any atom is 0.0680 e. The van der Waals surface area contributed by atoms with Crippen LogP contribution in [0.2, 0.25) is 0 Å². The van der Waals surface area contributed by atoms with E-state index in [4.69, 9.17) is 0 Å². The second-order valence-corrected chi connectivity index (χ2v) is 9.94. The summed E-state index contributed by atoms with van der Waals surface area (Å²) in [7, 11) is -0.417. The molecule has 0 aromatic carbocycles. The van der Waals surface area contributed by atoms with Crippen molar-refractivity contribution in [1.29, 1.82) is 0 Å². The third-order valence-corrected chi connectivity index (χ3v) is 6.85. The Morgan fingerprint density at radius 3 is 2.62 bits per heavy atom. The van der Waals surface area contributed by atoms with Gasteiger partial charge in [0.25, 0.3) is 0 Å². The summed E-state index contributed by atoms with van der Waals surface area (Å²) in [5.74, 6) is 0.663. The first-order valence-electron chi connectivity index (χ1n) is 8.04. The number of hydrogen-bond acceptors (Lipinski definition) is 1. The number of nitrogens with zero attached hydrogens (tertiary/aromatic N) is 1. The zero-order valence-electron chi connectivity index (χ0n) is 14.1. The fraction of sp³-hybridized carbons (Fsp3) is 0.526. The highest BCUT2D eigenvalue weighted by Crippen LogP contribution is 2.56. The number of hydrogen-bond donors (Lipinski definition) is 0. The lowest BCUT2D eigenvalue weighted by atomic mass is 10.0. The Bertz CT molecular complexity index is 522. The average molecular weight is 301 g/mol. The van der Waals surface area contributed by atoms with Crippen LogP contribution < -0.4 is 5.44 Å². The van der Waals surface area contributed by atoms with Crippen LogP contribution in [0.25, 0.3) is 0 Å². The Morgan fingerprint density at radius 1 is 1.29 bits per heavy atom. The van der Waals surface area contributed by atoms with Gasteiger partial charge in [-0.15, -0.1) is 0 Å². The standard InChI is InChI=1S/C19H28NP/c1-6-16-11-10-15(2)13-17(14-16)21(19(3,4)5)18-9-7-8-12-20-18/h7-9,12-15H,6,10-11H2,1-5H3/t15?,21-/m0/s1. The number of pyridine rings is 1. The van der Waals surface area contributed by atoms with Crippen molar-refractivity contribution < 1.29 is 0 Å². The summed E-state index contributed by atoms with van der Waals surface area (Å²) in [5, 5.41) is 1.76. The van der Waals surface area contributed by atoms with E-state index in [1.165, 1.54) is 30.0 Å². The highest BCUT2D eigenvalue weighted by molar-refractivity contribution is 7.71. The van der Waals surface area contributed by atoms with Crippen LogP contribution in [0.4, 0.5) is 0 Å². The summed E-state index contributed by atoms with van der Waals surface area (Å²) in [5.41, 5.74) is 2.85. The predicted molar refractivity (Wildman–Crippen MR) is 95.4 cm³/mol. The molecule has 0 spiro atoms. The lowest BCUT2D eigenvalue weighted by Crippen LogP contribution is -2.22. The van der Waals surface area contributed by atoms with Crippen LogP contribution in [0, 0.1) is 5.92 Å². The molecule has 1 heterocycles. The Labute approximate surface area is 131 Å². The van der Waals surface area contributed by atoms with Gasteiger partial charge in [0.05, 0.1) is 5.44 Å². The molecule has 0 saturated heterocycles. The summed E-state index contributed by atoms with van der Waals surface area (Å²) in [6.07, 6.45) is 10.6. The molecular weight excluding hydrogens is 273 g/mol. The van der Waals surface area contributed by atoms with E-state index in [0.717, 1.165) is 0 Å². The highest BCUT2D eigenvalue weighted by Gasteiger charge is 2.30. The minimum Gasteiger partial charge on any atom is -0.256 e. The molecule has 1 nitrogen and oxygen atoms in total. The SMILES string of the molecule is CCC1=CC([P@@](c2ccccn2)C(C)(C)C)=CC(C)CC1. The van der Waals surface area contributed by atoms with Crippen molar-refractivity contribution in [3.05, 3.63) is 47.4 Å². The van der Waals surface area contributed by atoms with Gasteiger partial charge < -0.3 is 0 Å². The van der Waals surface area contributed by atoms with Crippen molar-refractivity contribution in [3.63, 3.8) is 0 Å². The van der Waals surface area contributed by atoms with E-state index in [2.05, 4.69) is 63.9 Å². The van der Waals surface area contributed by atoms with E-state index in [0.29, 0.717) is 5.92 Å². The van der Waals surface area contributed by atoms with Crippen LogP contribution in [0.5, 0.6) is 0 Å². The van der Waals surface area contributed by atoms with E-state index in [1.54, 1.807) is 5.57 Å². The molecule has 0 N–H and O–H groups in total. The monoisotopic (exact) mass is 301 g/mol. The second kappa shape index (κ2) is 6.88. The van der Waals surface area contributed by atoms with E-state index in [9.17, 15) is 0 Å². The van der Waals surface area contributed by atoms with Gasteiger partial charge in [0, 0.05) is 6.20 Å². The fourth-order valence-corrected chi connectivity index (χ4v) is 5.74. The minimum atomic E-state index is -0.417. The minimum absolute atomic E-state index is 0.231. The summed E-state index contributed by atoms with van der Waals surface area (Å²) in [6, 6.07) is 6.33. The Morgan fingerprint density at radius 2 is 2.05 bits per heavy atom. The van der Waals surface area contributed by atoms with Crippen molar-refractivity contribution in [3.8, 4) is 0 Å². The van der Waals surface area contributed by atoms with Crippen LogP contribution in [0.15, 0.2) is 47.4 Å². The van der Waals surface area contributed by atoms with Crippen LogP contribution in [0.3, 0.4) is 0 Å². The Kier molecular flexibility index (Phi) is 5.38. The predicted octanol–water partition coefficient (Wildman–Crippen LogP) is 5.64. The third-order valence-electron chi connectivity index (χ3n) is 3.99. The molecule has 2 atom stereocenters. The molecule has 1 aromatic rings. The number of allylic oxidation sites excluding steroid dienone is 4. The van der Waals surface area contributed by atoms with Crippen LogP contribution >= 0.6 is 7.92 Å². The van der Waals surface area contributed by atoms with E-state index in [-0.39, 0.29) is 5.16 Å². The molecule has 1 aliphatic carbocycles. The van der Waals surface area contributed by atoms with Crippen LogP contribution in [0.1, 0.15) is 53.9 Å². The first-order valence-corrected chi connectivity index (χ1v) is 9.38. The lowest BCUT2D eigenvalue weighted by molar-refractivity contribution is 0.642. The average Bonchev–Trinajstić information content (AvgIpc) is 2.60. The van der Waals surface area contributed by atoms with Gasteiger partial charge in [-0.1, -0.05) is 58.4 Å². The molecule has 0 radical (unpaired) electrons. The molecule has 114 valence electrons. The molecule has 0 saturated carbocycles. The first-order chi connectivity index (χ1) is 9.91. The molecule has 1 aliphatic rings. The lowest BCUT2D eigenvalue weighted by Gasteiger charge is -2.32. The van der Waals surface area contributed by atoms with Gasteiger partial charge in [0.1, 0.15) is 0 Å². The molecule has 2 rings (SSSR count). The van der Waals surface area contributed by atoms with Gasteiger partial charge in [-0.2, -0.15) is 0 Å². The van der Waals surface area contributed by atoms with Gasteiger partial charge in [-0.05, 0) is 55.7 Å². The van der Waals surface area contributed by atoms with Crippen LogP contribution in [-0.2, 0) is 0 Å². The van der Waals surface area contributed by atoms with E-state index >= 15 is 0 Å². The highest BCUT2D eigenvalue weighted by atomic mass is 31.1. The van der Waals surface area contributed by atoms with Gasteiger partial charge in [-0.3, -0.25) is 4.98 Å². The smallest absolute Gasteiger partial charge is 0.0680 e. The van der Waals surface area contributed by atoms with Crippen molar-refractivity contribution >= 4 is 13.4 Å².